The topological polar surface area (TPSA) is 46.3 Å². The third-order valence-corrected chi connectivity index (χ3v) is 3.65. The fourth-order valence-electron chi connectivity index (χ4n) is 2.59. The van der Waals surface area contributed by atoms with Gasteiger partial charge in [0.15, 0.2) is 0 Å². The Labute approximate surface area is 99.4 Å². The molecule has 0 aliphatic heterocycles. The van der Waals surface area contributed by atoms with E-state index in [9.17, 15) is 4.79 Å². The van der Waals surface area contributed by atoms with Crippen molar-refractivity contribution in [2.75, 3.05) is 20.1 Å². The summed E-state index contributed by atoms with van der Waals surface area (Å²) in [6.07, 6.45) is 7.16. The number of hydrogen-bond acceptors (Lipinski definition) is 2. The van der Waals surface area contributed by atoms with Crippen molar-refractivity contribution in [1.29, 1.82) is 0 Å². The zero-order valence-corrected chi connectivity index (χ0v) is 10.7. The van der Waals surface area contributed by atoms with E-state index in [-0.39, 0.29) is 5.92 Å². The van der Waals surface area contributed by atoms with E-state index in [0.29, 0.717) is 12.5 Å². The summed E-state index contributed by atoms with van der Waals surface area (Å²) < 4.78 is 0. The van der Waals surface area contributed by atoms with Crippen LogP contribution in [0.5, 0.6) is 0 Å². The number of rotatable bonds is 6. The van der Waals surface area contributed by atoms with Crippen LogP contribution in [-0.2, 0) is 4.79 Å². The van der Waals surface area contributed by atoms with Crippen LogP contribution in [-0.4, -0.2) is 30.9 Å². The smallest absolute Gasteiger partial charge is 0.225 e. The van der Waals surface area contributed by atoms with E-state index in [0.717, 1.165) is 25.3 Å². The molecule has 1 atom stereocenters. The summed E-state index contributed by atoms with van der Waals surface area (Å²) >= 11 is 0. The van der Waals surface area contributed by atoms with Crippen molar-refractivity contribution in [3.63, 3.8) is 0 Å². The van der Waals surface area contributed by atoms with Crippen LogP contribution in [0.25, 0.3) is 0 Å². The van der Waals surface area contributed by atoms with Crippen molar-refractivity contribution in [3.05, 3.63) is 0 Å². The van der Waals surface area contributed by atoms with Crippen molar-refractivity contribution in [2.45, 2.75) is 45.4 Å². The molecule has 1 rings (SSSR count). The highest BCUT2D eigenvalue weighted by atomic mass is 16.2. The fraction of sp³-hybridized carbons (Fsp3) is 0.923. The molecule has 2 N–H and O–H groups in total. The minimum absolute atomic E-state index is 0.134. The van der Waals surface area contributed by atoms with Crippen LogP contribution in [0.3, 0.4) is 0 Å². The number of carbonyl (C=O) groups is 1. The van der Waals surface area contributed by atoms with Crippen LogP contribution in [0.15, 0.2) is 0 Å². The van der Waals surface area contributed by atoms with Gasteiger partial charge >= 0.3 is 0 Å². The Kier molecular flexibility index (Phi) is 5.81. The summed E-state index contributed by atoms with van der Waals surface area (Å²) in [7, 11) is 1.94. The van der Waals surface area contributed by atoms with Gasteiger partial charge in [0.2, 0.25) is 5.91 Å². The molecule has 3 heteroatoms. The maximum Gasteiger partial charge on any atom is 0.225 e. The maximum absolute atomic E-state index is 12.0. The molecule has 1 aliphatic carbocycles. The molecule has 0 aromatic rings. The van der Waals surface area contributed by atoms with Crippen molar-refractivity contribution in [3.8, 4) is 0 Å². The SMILES string of the molecule is CC(CCCN)C(=O)N(C)CC1CCCC1. The Morgan fingerprint density at radius 2 is 2.06 bits per heavy atom. The molecular weight excluding hydrogens is 200 g/mol. The van der Waals surface area contributed by atoms with Crippen LogP contribution < -0.4 is 5.73 Å². The van der Waals surface area contributed by atoms with Gasteiger partial charge in [0, 0.05) is 19.5 Å². The summed E-state index contributed by atoms with van der Waals surface area (Å²) in [6, 6.07) is 0. The van der Waals surface area contributed by atoms with E-state index < -0.39 is 0 Å². The first-order chi connectivity index (χ1) is 7.65. The van der Waals surface area contributed by atoms with Crippen LogP contribution in [0, 0.1) is 11.8 Å². The predicted octanol–water partition coefficient (Wildman–Crippen LogP) is 2.01. The summed E-state index contributed by atoms with van der Waals surface area (Å²) in [6.45, 7) is 3.65. The second kappa shape index (κ2) is 6.89. The molecule has 0 aromatic carbocycles. The van der Waals surface area contributed by atoms with E-state index in [1.165, 1.54) is 25.7 Å². The lowest BCUT2D eigenvalue weighted by Crippen LogP contribution is -2.35. The molecule has 1 fully saturated rings. The third kappa shape index (κ3) is 4.12. The lowest BCUT2D eigenvalue weighted by molar-refractivity contribution is -0.134. The fourth-order valence-corrected chi connectivity index (χ4v) is 2.59. The molecule has 1 amide bonds. The normalized spacial score (nSPS) is 18.7. The van der Waals surface area contributed by atoms with E-state index in [4.69, 9.17) is 5.73 Å². The summed E-state index contributed by atoms with van der Waals surface area (Å²) in [5.41, 5.74) is 5.46. The van der Waals surface area contributed by atoms with Gasteiger partial charge in [0.1, 0.15) is 0 Å². The average Bonchev–Trinajstić information content (AvgIpc) is 2.77. The first-order valence-electron chi connectivity index (χ1n) is 6.60. The highest BCUT2D eigenvalue weighted by molar-refractivity contribution is 5.78. The van der Waals surface area contributed by atoms with Crippen LogP contribution in [0.1, 0.15) is 45.4 Å². The quantitative estimate of drug-likeness (QED) is 0.753. The maximum atomic E-state index is 12.0. The van der Waals surface area contributed by atoms with Crippen molar-refractivity contribution in [2.24, 2.45) is 17.6 Å². The van der Waals surface area contributed by atoms with Crippen LogP contribution in [0.4, 0.5) is 0 Å². The Morgan fingerprint density at radius 3 is 2.62 bits per heavy atom. The molecule has 1 saturated carbocycles. The molecule has 0 saturated heterocycles. The highest BCUT2D eigenvalue weighted by Crippen LogP contribution is 2.25. The van der Waals surface area contributed by atoms with Crippen LogP contribution in [0.2, 0.25) is 0 Å². The van der Waals surface area contributed by atoms with E-state index >= 15 is 0 Å². The van der Waals surface area contributed by atoms with Gasteiger partial charge in [-0.25, -0.2) is 0 Å². The molecular formula is C13H26N2O. The first kappa shape index (κ1) is 13.5. The lowest BCUT2D eigenvalue weighted by Gasteiger charge is -2.24. The summed E-state index contributed by atoms with van der Waals surface area (Å²) in [5, 5.41) is 0. The van der Waals surface area contributed by atoms with Gasteiger partial charge in [-0.15, -0.1) is 0 Å². The monoisotopic (exact) mass is 226 g/mol. The number of nitrogens with two attached hydrogens (primary N) is 1. The molecule has 94 valence electrons. The molecule has 0 heterocycles. The number of hydrogen-bond donors (Lipinski definition) is 1. The highest BCUT2D eigenvalue weighted by Gasteiger charge is 2.22. The van der Waals surface area contributed by atoms with Gasteiger partial charge in [0.25, 0.3) is 0 Å². The average molecular weight is 226 g/mol. The Morgan fingerprint density at radius 1 is 1.44 bits per heavy atom. The molecule has 16 heavy (non-hydrogen) atoms. The van der Waals surface area contributed by atoms with E-state index in [1.54, 1.807) is 0 Å². The number of carbonyl (C=O) groups excluding carboxylic acids is 1. The van der Waals surface area contributed by atoms with Gasteiger partial charge in [0.05, 0.1) is 0 Å². The minimum Gasteiger partial charge on any atom is -0.345 e. The molecule has 1 unspecified atom stereocenters. The molecule has 0 spiro atoms. The van der Waals surface area contributed by atoms with Gasteiger partial charge in [-0.3, -0.25) is 4.79 Å². The second-order valence-electron chi connectivity index (χ2n) is 5.20. The Bertz CT molecular complexity index is 212. The lowest BCUT2D eigenvalue weighted by atomic mass is 10.0. The predicted molar refractivity (Wildman–Crippen MR) is 67.0 cm³/mol. The molecule has 0 aromatic heterocycles. The van der Waals surface area contributed by atoms with Gasteiger partial charge in [-0.2, -0.15) is 0 Å². The van der Waals surface area contributed by atoms with E-state index in [1.807, 2.05) is 18.9 Å². The van der Waals surface area contributed by atoms with Gasteiger partial charge in [-0.1, -0.05) is 19.8 Å². The van der Waals surface area contributed by atoms with Crippen LogP contribution >= 0.6 is 0 Å². The molecule has 3 nitrogen and oxygen atoms in total. The van der Waals surface area contributed by atoms with Gasteiger partial charge in [-0.05, 0) is 38.1 Å². The molecule has 0 radical (unpaired) electrons. The third-order valence-electron chi connectivity index (χ3n) is 3.65. The number of amides is 1. The Hall–Kier alpha value is -0.570. The van der Waals surface area contributed by atoms with Crippen molar-refractivity contribution >= 4 is 5.91 Å². The summed E-state index contributed by atoms with van der Waals surface area (Å²) in [5.74, 6) is 1.17. The minimum atomic E-state index is 0.134. The second-order valence-corrected chi connectivity index (χ2v) is 5.20. The molecule has 1 aliphatic rings. The van der Waals surface area contributed by atoms with Gasteiger partial charge < -0.3 is 10.6 Å². The standard InChI is InChI=1S/C13H26N2O/c1-11(6-5-9-14)13(16)15(2)10-12-7-3-4-8-12/h11-12H,3-10,14H2,1-2H3. The van der Waals surface area contributed by atoms with E-state index in [2.05, 4.69) is 0 Å². The van der Waals surface area contributed by atoms with Crippen molar-refractivity contribution in [1.82, 2.24) is 4.90 Å². The summed E-state index contributed by atoms with van der Waals surface area (Å²) in [4.78, 5) is 13.9. The molecule has 0 bridgehead atoms. The first-order valence-corrected chi connectivity index (χ1v) is 6.60. The zero-order valence-electron chi connectivity index (χ0n) is 10.7. The Balaban J connectivity index is 2.28. The zero-order chi connectivity index (χ0) is 12.0. The number of nitrogens with zero attached hydrogens (tertiary/aromatic N) is 1. The largest absolute Gasteiger partial charge is 0.345 e. The van der Waals surface area contributed by atoms with Crippen molar-refractivity contribution < 1.29 is 4.79 Å².